The average Bonchev–Trinajstić information content (AvgIpc) is 2.85. The minimum atomic E-state index is -0.709. The predicted octanol–water partition coefficient (Wildman–Crippen LogP) is 3.48. The normalized spacial score (nSPS) is 12.1. The monoisotopic (exact) mass is 451 g/mol. The van der Waals surface area contributed by atoms with Gasteiger partial charge in [0.05, 0.1) is 39.1 Å². The van der Waals surface area contributed by atoms with Crippen molar-refractivity contribution in [1.29, 1.82) is 0 Å². The number of nitrogens with one attached hydrogen (secondary N) is 1. The van der Waals surface area contributed by atoms with E-state index in [-0.39, 0.29) is 12.4 Å². The molecule has 6 heteroatoms. The van der Waals surface area contributed by atoms with Crippen LogP contribution < -0.4 is 5.32 Å². The maximum Gasteiger partial charge on any atom is 0.121 e. The summed E-state index contributed by atoms with van der Waals surface area (Å²) < 4.78 is 11.4. The summed E-state index contributed by atoms with van der Waals surface area (Å²) in [6, 6.07) is 23.2. The Morgan fingerprint density at radius 2 is 1.48 bits per heavy atom. The van der Waals surface area contributed by atoms with Crippen LogP contribution in [0.25, 0.3) is 0 Å². The molecule has 0 radical (unpaired) electrons. The van der Waals surface area contributed by atoms with E-state index in [9.17, 15) is 15.3 Å². The lowest BCUT2D eigenvalue weighted by Crippen LogP contribution is -2.23. The van der Waals surface area contributed by atoms with Crippen molar-refractivity contribution in [3.63, 3.8) is 0 Å². The Balaban J connectivity index is 1.31. The zero-order chi connectivity index (χ0) is 23.3. The fourth-order valence-corrected chi connectivity index (χ4v) is 3.48. The maximum absolute atomic E-state index is 10.3. The highest BCUT2D eigenvalue weighted by molar-refractivity contribution is 5.36. The Morgan fingerprint density at radius 3 is 2.24 bits per heavy atom. The van der Waals surface area contributed by atoms with Crippen LogP contribution in [0.4, 0.5) is 0 Å². The van der Waals surface area contributed by atoms with E-state index in [1.54, 1.807) is 12.1 Å². The van der Waals surface area contributed by atoms with Crippen molar-refractivity contribution in [1.82, 2.24) is 5.32 Å². The van der Waals surface area contributed by atoms with E-state index in [1.165, 1.54) is 11.6 Å². The standard InChI is InChI=1S/C27H33NO5/c29-18-25-16-24(9-10-26(25)30)27(31)17-28-12-11-21-7-4-8-23(15-21)20-33-14-13-32-19-22-5-2-1-3-6-22/h1-10,15-16,27-31H,11-14,17-20H2/t27-/m0/s1. The van der Waals surface area contributed by atoms with Crippen molar-refractivity contribution in [3.05, 3.63) is 101 Å². The van der Waals surface area contributed by atoms with Crippen molar-refractivity contribution in [2.75, 3.05) is 26.3 Å². The van der Waals surface area contributed by atoms with Gasteiger partial charge in [0.25, 0.3) is 0 Å². The van der Waals surface area contributed by atoms with E-state index in [2.05, 4.69) is 23.5 Å². The number of aliphatic hydroxyl groups is 2. The summed E-state index contributed by atoms with van der Waals surface area (Å²) in [4.78, 5) is 0. The van der Waals surface area contributed by atoms with Gasteiger partial charge in [-0.1, -0.05) is 60.7 Å². The first kappa shape index (κ1) is 24.9. The lowest BCUT2D eigenvalue weighted by Gasteiger charge is -2.14. The summed E-state index contributed by atoms with van der Waals surface area (Å²) >= 11 is 0. The molecule has 3 aromatic rings. The van der Waals surface area contributed by atoms with Crippen LogP contribution >= 0.6 is 0 Å². The lowest BCUT2D eigenvalue weighted by atomic mass is 10.0. The van der Waals surface area contributed by atoms with Gasteiger partial charge in [0.1, 0.15) is 5.75 Å². The zero-order valence-electron chi connectivity index (χ0n) is 18.8. The van der Waals surface area contributed by atoms with Gasteiger partial charge >= 0.3 is 0 Å². The van der Waals surface area contributed by atoms with Crippen molar-refractivity contribution in [2.45, 2.75) is 32.3 Å². The number of rotatable bonds is 14. The molecule has 0 bridgehead atoms. The molecular formula is C27H33NO5. The SMILES string of the molecule is OCc1cc([C@@H](O)CNCCc2cccc(COCCOCc3ccccc3)c2)ccc1O. The number of aromatic hydroxyl groups is 1. The van der Waals surface area contributed by atoms with Gasteiger partial charge in [0.15, 0.2) is 0 Å². The second kappa shape index (κ2) is 13.7. The summed E-state index contributed by atoms with van der Waals surface area (Å²) in [7, 11) is 0. The lowest BCUT2D eigenvalue weighted by molar-refractivity contribution is 0.0339. The van der Waals surface area contributed by atoms with Crippen LogP contribution in [0, 0.1) is 0 Å². The number of aliphatic hydroxyl groups excluding tert-OH is 2. The largest absolute Gasteiger partial charge is 0.508 e. The van der Waals surface area contributed by atoms with Gasteiger partial charge in [0.2, 0.25) is 0 Å². The van der Waals surface area contributed by atoms with Crippen molar-refractivity contribution in [3.8, 4) is 5.75 Å². The first-order chi connectivity index (χ1) is 16.2. The molecule has 0 heterocycles. The average molecular weight is 452 g/mol. The van der Waals surface area contributed by atoms with Gasteiger partial charge in [-0.2, -0.15) is 0 Å². The van der Waals surface area contributed by atoms with Crippen LogP contribution in [0.5, 0.6) is 5.75 Å². The van der Waals surface area contributed by atoms with Gasteiger partial charge < -0.3 is 30.1 Å². The van der Waals surface area contributed by atoms with E-state index >= 15 is 0 Å². The molecule has 0 aliphatic heterocycles. The topological polar surface area (TPSA) is 91.2 Å². The third-order valence-corrected chi connectivity index (χ3v) is 5.33. The Labute approximate surface area is 195 Å². The molecule has 0 spiro atoms. The Bertz CT molecular complexity index is 964. The van der Waals surface area contributed by atoms with E-state index < -0.39 is 6.10 Å². The van der Waals surface area contributed by atoms with Gasteiger partial charge in [-0.25, -0.2) is 0 Å². The minimum absolute atomic E-state index is 0.0324. The number of hydrogen-bond donors (Lipinski definition) is 4. The summed E-state index contributed by atoms with van der Waals surface area (Å²) in [6.07, 6.45) is 0.123. The van der Waals surface area contributed by atoms with Gasteiger partial charge in [-0.05, 0) is 47.4 Å². The van der Waals surface area contributed by atoms with Crippen LogP contribution in [0.1, 0.15) is 33.9 Å². The molecule has 0 saturated heterocycles. The first-order valence-corrected chi connectivity index (χ1v) is 11.2. The number of hydrogen-bond acceptors (Lipinski definition) is 6. The Morgan fingerprint density at radius 1 is 0.788 bits per heavy atom. The second-order valence-electron chi connectivity index (χ2n) is 7.93. The minimum Gasteiger partial charge on any atom is -0.508 e. The summed E-state index contributed by atoms with van der Waals surface area (Å²) in [5, 5.41) is 32.5. The molecule has 4 N–H and O–H groups in total. The van der Waals surface area contributed by atoms with Crippen LogP contribution in [-0.4, -0.2) is 41.6 Å². The highest BCUT2D eigenvalue weighted by atomic mass is 16.5. The molecule has 0 aromatic heterocycles. The molecule has 33 heavy (non-hydrogen) atoms. The highest BCUT2D eigenvalue weighted by Gasteiger charge is 2.10. The second-order valence-corrected chi connectivity index (χ2v) is 7.93. The molecule has 6 nitrogen and oxygen atoms in total. The van der Waals surface area contributed by atoms with E-state index in [4.69, 9.17) is 9.47 Å². The van der Waals surface area contributed by atoms with Crippen molar-refractivity contribution >= 4 is 0 Å². The van der Waals surface area contributed by atoms with Gasteiger partial charge in [-0.15, -0.1) is 0 Å². The Hall–Kier alpha value is -2.74. The van der Waals surface area contributed by atoms with Gasteiger partial charge in [0, 0.05) is 12.1 Å². The fraction of sp³-hybridized carbons (Fsp3) is 0.333. The molecule has 0 aliphatic rings. The molecular weight excluding hydrogens is 418 g/mol. The van der Waals surface area contributed by atoms with Crippen LogP contribution in [0.2, 0.25) is 0 Å². The van der Waals surface area contributed by atoms with E-state index in [0.29, 0.717) is 44.1 Å². The quantitative estimate of drug-likeness (QED) is 0.281. The molecule has 0 aliphatic carbocycles. The number of ether oxygens (including phenoxy) is 2. The molecule has 1 atom stereocenters. The predicted molar refractivity (Wildman–Crippen MR) is 128 cm³/mol. The highest BCUT2D eigenvalue weighted by Crippen LogP contribution is 2.22. The zero-order valence-corrected chi connectivity index (χ0v) is 18.8. The molecule has 0 unspecified atom stereocenters. The molecule has 0 saturated carbocycles. The van der Waals surface area contributed by atoms with Crippen LogP contribution in [0.15, 0.2) is 72.8 Å². The fourth-order valence-electron chi connectivity index (χ4n) is 3.48. The van der Waals surface area contributed by atoms with Crippen molar-refractivity contribution in [2.24, 2.45) is 0 Å². The third kappa shape index (κ3) is 8.61. The third-order valence-electron chi connectivity index (χ3n) is 5.33. The summed E-state index contributed by atoms with van der Waals surface area (Å²) in [5.74, 6) is 0.0324. The maximum atomic E-state index is 10.3. The molecule has 3 aromatic carbocycles. The number of benzene rings is 3. The van der Waals surface area contributed by atoms with Gasteiger partial charge in [-0.3, -0.25) is 0 Å². The molecule has 176 valence electrons. The first-order valence-electron chi connectivity index (χ1n) is 11.2. The Kier molecular flexibility index (Phi) is 10.4. The molecule has 0 fully saturated rings. The smallest absolute Gasteiger partial charge is 0.121 e. The van der Waals surface area contributed by atoms with Crippen LogP contribution in [-0.2, 0) is 35.7 Å². The van der Waals surface area contributed by atoms with E-state index in [1.807, 2.05) is 36.4 Å². The van der Waals surface area contributed by atoms with Crippen molar-refractivity contribution < 1.29 is 24.8 Å². The number of phenols is 1. The summed E-state index contributed by atoms with van der Waals surface area (Å²) in [5.41, 5.74) is 4.55. The van der Waals surface area contributed by atoms with Crippen LogP contribution in [0.3, 0.4) is 0 Å². The summed E-state index contributed by atoms with van der Waals surface area (Å²) in [6.45, 7) is 3.09. The molecule has 3 rings (SSSR count). The molecule has 0 amide bonds. The van der Waals surface area contributed by atoms with E-state index in [0.717, 1.165) is 24.1 Å².